The van der Waals surface area contributed by atoms with Crippen molar-refractivity contribution >= 4 is 55.8 Å². The highest BCUT2D eigenvalue weighted by molar-refractivity contribution is 7.99. The van der Waals surface area contributed by atoms with E-state index in [4.69, 9.17) is 0 Å². The monoisotopic (exact) mass is 294 g/mol. The minimum Gasteiger partial charge on any atom is -0.129 e. The Morgan fingerprint density at radius 3 is 1.35 bits per heavy atom. The Bertz CT molecular complexity index is 847. The molecular weight excluding hydrogens is 280 g/mol. The number of hydrogen-bond acceptors (Lipinski definition) is 2. The van der Waals surface area contributed by atoms with Crippen molar-refractivity contribution in [3.63, 3.8) is 0 Å². The summed E-state index contributed by atoms with van der Waals surface area (Å²) >= 11 is 3.65. The SMILES string of the molecule is CSc1ccc2ccc3c(SC)ccc4ccc1c2c43. The lowest BCUT2D eigenvalue weighted by Crippen LogP contribution is -1.86. The smallest absolute Gasteiger partial charge is 0.0148 e. The highest BCUT2D eigenvalue weighted by atomic mass is 32.2. The van der Waals surface area contributed by atoms with Crippen molar-refractivity contribution in [2.45, 2.75) is 9.79 Å². The Balaban J connectivity index is 2.33. The van der Waals surface area contributed by atoms with Gasteiger partial charge >= 0.3 is 0 Å². The molecule has 0 bridgehead atoms. The van der Waals surface area contributed by atoms with E-state index in [0.717, 1.165) is 0 Å². The van der Waals surface area contributed by atoms with Gasteiger partial charge in [-0.1, -0.05) is 36.4 Å². The summed E-state index contributed by atoms with van der Waals surface area (Å²) in [6.45, 7) is 0. The third kappa shape index (κ3) is 1.58. The van der Waals surface area contributed by atoms with Crippen LogP contribution in [0.25, 0.3) is 32.3 Å². The Morgan fingerprint density at radius 2 is 0.950 bits per heavy atom. The zero-order chi connectivity index (χ0) is 13.7. The van der Waals surface area contributed by atoms with Gasteiger partial charge in [0.1, 0.15) is 0 Å². The average Bonchev–Trinajstić information content (AvgIpc) is 2.52. The van der Waals surface area contributed by atoms with Crippen molar-refractivity contribution in [3.05, 3.63) is 48.5 Å². The Hall–Kier alpha value is -1.38. The number of rotatable bonds is 2. The maximum Gasteiger partial charge on any atom is 0.0148 e. The first-order valence-corrected chi connectivity index (χ1v) is 9.07. The van der Waals surface area contributed by atoms with E-state index in [1.54, 1.807) is 0 Å². The summed E-state index contributed by atoms with van der Waals surface area (Å²) in [7, 11) is 0. The Kier molecular flexibility index (Phi) is 2.83. The summed E-state index contributed by atoms with van der Waals surface area (Å²) < 4.78 is 0. The van der Waals surface area contributed by atoms with Crippen molar-refractivity contribution in [2.24, 2.45) is 0 Å². The second-order valence-electron chi connectivity index (χ2n) is 4.96. The van der Waals surface area contributed by atoms with Crippen LogP contribution in [0.3, 0.4) is 0 Å². The zero-order valence-electron chi connectivity index (χ0n) is 11.4. The van der Waals surface area contributed by atoms with Crippen LogP contribution in [-0.4, -0.2) is 12.5 Å². The van der Waals surface area contributed by atoms with E-state index in [0.29, 0.717) is 0 Å². The molecule has 0 amide bonds. The van der Waals surface area contributed by atoms with Crippen LogP contribution in [-0.2, 0) is 0 Å². The highest BCUT2D eigenvalue weighted by Gasteiger charge is 2.12. The lowest BCUT2D eigenvalue weighted by atomic mass is 9.94. The molecule has 0 spiro atoms. The first-order valence-electron chi connectivity index (χ1n) is 6.62. The van der Waals surface area contributed by atoms with E-state index in [9.17, 15) is 0 Å². The van der Waals surface area contributed by atoms with Crippen LogP contribution in [0.1, 0.15) is 0 Å². The van der Waals surface area contributed by atoms with Gasteiger partial charge in [0.25, 0.3) is 0 Å². The number of thioether (sulfide) groups is 2. The first kappa shape index (κ1) is 12.4. The molecule has 0 nitrogen and oxygen atoms in total. The summed E-state index contributed by atoms with van der Waals surface area (Å²) in [5.74, 6) is 0. The van der Waals surface area contributed by atoms with Crippen LogP contribution in [0.2, 0.25) is 0 Å². The zero-order valence-corrected chi connectivity index (χ0v) is 13.1. The summed E-state index contributed by atoms with van der Waals surface area (Å²) in [6, 6.07) is 18.0. The fourth-order valence-corrected chi connectivity index (χ4v) is 4.29. The third-order valence-electron chi connectivity index (χ3n) is 4.02. The van der Waals surface area contributed by atoms with E-state index in [2.05, 4.69) is 61.0 Å². The van der Waals surface area contributed by atoms with Gasteiger partial charge in [-0.25, -0.2) is 0 Å². The molecule has 98 valence electrons. The molecule has 20 heavy (non-hydrogen) atoms. The third-order valence-corrected chi connectivity index (χ3v) is 5.62. The van der Waals surface area contributed by atoms with Crippen molar-refractivity contribution in [1.82, 2.24) is 0 Å². The molecule has 0 aliphatic rings. The van der Waals surface area contributed by atoms with Gasteiger partial charge in [0.15, 0.2) is 0 Å². The van der Waals surface area contributed by atoms with Crippen LogP contribution in [0, 0.1) is 0 Å². The molecule has 0 N–H and O–H groups in total. The Labute approximate surface area is 126 Å². The first-order chi connectivity index (χ1) is 9.83. The molecule has 0 atom stereocenters. The van der Waals surface area contributed by atoms with E-state index in [-0.39, 0.29) is 0 Å². The summed E-state index contributed by atoms with van der Waals surface area (Å²) in [5, 5.41) is 8.28. The van der Waals surface area contributed by atoms with Gasteiger partial charge in [-0.3, -0.25) is 0 Å². The van der Waals surface area contributed by atoms with Gasteiger partial charge in [0.05, 0.1) is 0 Å². The van der Waals surface area contributed by atoms with Crippen molar-refractivity contribution < 1.29 is 0 Å². The van der Waals surface area contributed by atoms with Gasteiger partial charge in [0.2, 0.25) is 0 Å². The minimum atomic E-state index is 1.34. The molecule has 0 aliphatic carbocycles. The molecular formula is C18H14S2. The van der Waals surface area contributed by atoms with Gasteiger partial charge in [-0.05, 0) is 57.0 Å². The van der Waals surface area contributed by atoms with Crippen LogP contribution in [0.15, 0.2) is 58.3 Å². The van der Waals surface area contributed by atoms with E-state index >= 15 is 0 Å². The van der Waals surface area contributed by atoms with Crippen molar-refractivity contribution in [1.29, 1.82) is 0 Å². The second-order valence-corrected chi connectivity index (χ2v) is 6.65. The molecule has 0 aliphatic heterocycles. The van der Waals surface area contributed by atoms with Gasteiger partial charge in [-0.2, -0.15) is 0 Å². The maximum atomic E-state index is 2.27. The van der Waals surface area contributed by atoms with E-state index < -0.39 is 0 Å². The molecule has 2 heteroatoms. The van der Waals surface area contributed by atoms with Crippen LogP contribution in [0.5, 0.6) is 0 Å². The lowest BCUT2D eigenvalue weighted by molar-refractivity contribution is 1.55. The standard InChI is InChI=1S/C18H14S2/c1-19-15-9-5-11-4-8-14-16(20-2)10-6-12-3-7-13(15)17(11)18(12)14/h3-10H,1-2H3. The van der Waals surface area contributed by atoms with Gasteiger partial charge in [-0.15, -0.1) is 23.5 Å². The summed E-state index contributed by atoms with van der Waals surface area (Å²) in [4.78, 5) is 2.72. The normalized spacial score (nSPS) is 11.9. The average molecular weight is 294 g/mol. The van der Waals surface area contributed by atoms with Gasteiger partial charge < -0.3 is 0 Å². The quantitative estimate of drug-likeness (QED) is 0.327. The fraction of sp³-hybridized carbons (Fsp3) is 0.111. The second kappa shape index (κ2) is 4.57. The van der Waals surface area contributed by atoms with Gasteiger partial charge in [0, 0.05) is 9.79 Å². The van der Waals surface area contributed by atoms with Crippen molar-refractivity contribution in [3.8, 4) is 0 Å². The van der Waals surface area contributed by atoms with E-state index in [1.165, 1.54) is 42.1 Å². The molecule has 0 aromatic heterocycles. The number of benzene rings is 4. The van der Waals surface area contributed by atoms with E-state index in [1.807, 2.05) is 23.5 Å². The topological polar surface area (TPSA) is 0 Å². The summed E-state index contributed by atoms with van der Waals surface area (Å²) in [5.41, 5.74) is 0. The highest BCUT2D eigenvalue weighted by Crippen LogP contribution is 2.40. The van der Waals surface area contributed by atoms with Crippen molar-refractivity contribution in [2.75, 3.05) is 12.5 Å². The summed E-state index contributed by atoms with van der Waals surface area (Å²) in [6.07, 6.45) is 4.30. The van der Waals surface area contributed by atoms with Crippen LogP contribution < -0.4 is 0 Å². The predicted octanol–water partition coefficient (Wildman–Crippen LogP) is 6.03. The minimum absolute atomic E-state index is 1.34. The largest absolute Gasteiger partial charge is 0.129 e. The van der Waals surface area contributed by atoms with Crippen LogP contribution >= 0.6 is 23.5 Å². The molecule has 0 unspecified atom stereocenters. The molecule has 0 fully saturated rings. The maximum absolute atomic E-state index is 2.27. The molecule has 0 saturated heterocycles. The molecule has 0 saturated carbocycles. The fourth-order valence-electron chi connectivity index (χ4n) is 3.10. The Morgan fingerprint density at radius 1 is 0.550 bits per heavy atom. The predicted molar refractivity (Wildman–Crippen MR) is 93.7 cm³/mol. The molecule has 4 aromatic carbocycles. The molecule has 4 aromatic rings. The number of hydrogen-bond donors (Lipinski definition) is 0. The lowest BCUT2D eigenvalue weighted by Gasteiger charge is -2.14. The molecule has 0 heterocycles. The molecule has 0 radical (unpaired) electrons. The van der Waals surface area contributed by atoms with Crippen LogP contribution in [0.4, 0.5) is 0 Å². The molecule has 4 rings (SSSR count).